The van der Waals surface area contributed by atoms with Crippen LogP contribution in [0.25, 0.3) is 0 Å². The Balaban J connectivity index is 2.34. The SMILES string of the molecule is N[C@@H](Cc1ccc(O)c2c1COB2O)C(=O)O. The molecule has 2 rings (SSSR count). The number of carboxylic acids is 1. The van der Waals surface area contributed by atoms with E-state index < -0.39 is 19.1 Å². The van der Waals surface area contributed by atoms with Crippen molar-refractivity contribution in [3.8, 4) is 5.75 Å². The predicted molar refractivity (Wildman–Crippen MR) is 59.8 cm³/mol. The van der Waals surface area contributed by atoms with Crippen molar-refractivity contribution in [2.75, 3.05) is 0 Å². The maximum absolute atomic E-state index is 10.7. The standard InChI is InChI=1S/C10H12BNO5/c12-7(10(14)15)3-5-1-2-8(13)9-6(5)4-17-11(9)16/h1-2,7,13,16H,3-4,12H2,(H,14,15)/t7-/m0/s1. The Hall–Kier alpha value is -1.57. The topological polar surface area (TPSA) is 113 Å². The van der Waals surface area contributed by atoms with Gasteiger partial charge in [-0.15, -0.1) is 0 Å². The minimum Gasteiger partial charge on any atom is -0.508 e. The largest absolute Gasteiger partial charge is 0.508 e. The summed E-state index contributed by atoms with van der Waals surface area (Å²) >= 11 is 0. The molecule has 0 aromatic heterocycles. The van der Waals surface area contributed by atoms with Crippen molar-refractivity contribution in [1.29, 1.82) is 0 Å². The van der Waals surface area contributed by atoms with E-state index in [-0.39, 0.29) is 18.8 Å². The smallest absolute Gasteiger partial charge is 0.495 e. The van der Waals surface area contributed by atoms with E-state index in [4.69, 9.17) is 15.5 Å². The van der Waals surface area contributed by atoms with Gasteiger partial charge in [0, 0.05) is 5.46 Å². The summed E-state index contributed by atoms with van der Waals surface area (Å²) in [6.07, 6.45) is 0.133. The first kappa shape index (κ1) is 11.9. The van der Waals surface area contributed by atoms with Crippen LogP contribution in [0.15, 0.2) is 12.1 Å². The summed E-state index contributed by atoms with van der Waals surface area (Å²) in [5, 5.41) is 27.8. The molecule has 1 atom stereocenters. The Labute approximate surface area is 97.8 Å². The molecule has 0 bridgehead atoms. The number of nitrogens with two attached hydrogens (primary N) is 1. The van der Waals surface area contributed by atoms with Gasteiger partial charge in [-0.3, -0.25) is 4.79 Å². The lowest BCUT2D eigenvalue weighted by Crippen LogP contribution is -2.34. The lowest BCUT2D eigenvalue weighted by Gasteiger charge is -2.11. The molecule has 1 aromatic rings. The van der Waals surface area contributed by atoms with Crippen molar-refractivity contribution in [1.82, 2.24) is 0 Å². The fourth-order valence-corrected chi connectivity index (χ4v) is 1.90. The zero-order valence-electron chi connectivity index (χ0n) is 8.96. The summed E-state index contributed by atoms with van der Waals surface area (Å²) in [5.41, 5.74) is 7.05. The second kappa shape index (κ2) is 4.36. The third-order valence-electron chi connectivity index (χ3n) is 2.82. The summed E-state index contributed by atoms with van der Waals surface area (Å²) in [6, 6.07) is 1.99. The molecule has 0 fully saturated rings. The Morgan fingerprint density at radius 2 is 2.29 bits per heavy atom. The van der Waals surface area contributed by atoms with E-state index in [1.807, 2.05) is 0 Å². The van der Waals surface area contributed by atoms with Gasteiger partial charge in [-0.05, 0) is 23.6 Å². The van der Waals surface area contributed by atoms with E-state index in [0.717, 1.165) is 0 Å². The molecule has 90 valence electrons. The molecule has 0 saturated carbocycles. The van der Waals surface area contributed by atoms with Crippen LogP contribution in [0.1, 0.15) is 11.1 Å². The highest BCUT2D eigenvalue weighted by atomic mass is 16.5. The van der Waals surface area contributed by atoms with Crippen molar-refractivity contribution >= 4 is 18.6 Å². The van der Waals surface area contributed by atoms with Crippen LogP contribution in [0.4, 0.5) is 0 Å². The van der Waals surface area contributed by atoms with Gasteiger partial charge in [0.25, 0.3) is 0 Å². The third kappa shape index (κ3) is 2.12. The van der Waals surface area contributed by atoms with Gasteiger partial charge < -0.3 is 25.6 Å². The predicted octanol–water partition coefficient (Wildman–Crippen LogP) is -1.44. The number of carbonyl (C=O) groups is 1. The van der Waals surface area contributed by atoms with Crippen molar-refractivity contribution in [2.45, 2.75) is 19.1 Å². The lowest BCUT2D eigenvalue weighted by molar-refractivity contribution is -0.138. The highest BCUT2D eigenvalue weighted by Gasteiger charge is 2.32. The molecule has 17 heavy (non-hydrogen) atoms. The van der Waals surface area contributed by atoms with Gasteiger partial charge in [-0.1, -0.05) is 6.07 Å². The molecule has 1 aliphatic heterocycles. The van der Waals surface area contributed by atoms with Crippen molar-refractivity contribution in [3.63, 3.8) is 0 Å². The van der Waals surface area contributed by atoms with Crippen molar-refractivity contribution < 1.29 is 24.7 Å². The molecule has 0 aliphatic carbocycles. The number of fused-ring (bicyclic) bond motifs is 1. The Morgan fingerprint density at radius 1 is 1.59 bits per heavy atom. The monoisotopic (exact) mass is 237 g/mol. The summed E-state index contributed by atoms with van der Waals surface area (Å²) in [6.45, 7) is 0.145. The van der Waals surface area contributed by atoms with E-state index in [1.54, 1.807) is 6.07 Å². The van der Waals surface area contributed by atoms with E-state index in [0.29, 0.717) is 16.6 Å². The van der Waals surface area contributed by atoms with Crippen LogP contribution >= 0.6 is 0 Å². The molecule has 5 N–H and O–H groups in total. The molecule has 6 nitrogen and oxygen atoms in total. The van der Waals surface area contributed by atoms with Crippen LogP contribution < -0.4 is 11.2 Å². The van der Waals surface area contributed by atoms with E-state index in [1.165, 1.54) is 6.07 Å². The number of rotatable bonds is 3. The second-order valence-corrected chi connectivity index (χ2v) is 3.95. The molecule has 0 amide bonds. The molecule has 1 aromatic carbocycles. The van der Waals surface area contributed by atoms with Crippen molar-refractivity contribution in [3.05, 3.63) is 23.3 Å². The van der Waals surface area contributed by atoms with E-state index >= 15 is 0 Å². The molecule has 0 unspecified atom stereocenters. The molecular formula is C10H12BNO5. The molecule has 1 aliphatic rings. The summed E-state index contributed by atoms with van der Waals surface area (Å²) < 4.78 is 4.99. The van der Waals surface area contributed by atoms with Gasteiger partial charge in [0.1, 0.15) is 11.8 Å². The minimum atomic E-state index is -1.16. The average Bonchev–Trinajstić information content (AvgIpc) is 2.65. The zero-order chi connectivity index (χ0) is 12.6. The highest BCUT2D eigenvalue weighted by Crippen LogP contribution is 2.22. The first-order valence-corrected chi connectivity index (χ1v) is 5.12. The quantitative estimate of drug-likeness (QED) is 0.479. The Bertz CT molecular complexity index is 464. The zero-order valence-corrected chi connectivity index (χ0v) is 8.96. The van der Waals surface area contributed by atoms with E-state index in [2.05, 4.69) is 0 Å². The van der Waals surface area contributed by atoms with Gasteiger partial charge in [0.05, 0.1) is 6.61 Å². The second-order valence-electron chi connectivity index (χ2n) is 3.95. The number of aromatic hydroxyl groups is 1. The van der Waals surface area contributed by atoms with Crippen LogP contribution in [0.5, 0.6) is 5.75 Å². The number of phenols is 1. The molecule has 0 spiro atoms. The molecule has 0 saturated heterocycles. The number of carboxylic acid groups (broad SMARTS) is 1. The van der Waals surface area contributed by atoms with Gasteiger partial charge >= 0.3 is 13.1 Å². The highest BCUT2D eigenvalue weighted by molar-refractivity contribution is 6.62. The van der Waals surface area contributed by atoms with Crippen LogP contribution in [0.3, 0.4) is 0 Å². The maximum Gasteiger partial charge on any atom is 0.495 e. The number of aliphatic carboxylic acids is 1. The van der Waals surface area contributed by atoms with Crippen LogP contribution in [0, 0.1) is 0 Å². The summed E-state index contributed by atoms with van der Waals surface area (Å²) in [7, 11) is -1.16. The first-order chi connectivity index (χ1) is 8.00. The summed E-state index contributed by atoms with van der Waals surface area (Å²) in [4.78, 5) is 10.7. The average molecular weight is 237 g/mol. The lowest BCUT2D eigenvalue weighted by atomic mass is 9.77. The molecule has 7 heteroatoms. The van der Waals surface area contributed by atoms with Gasteiger partial charge in [-0.25, -0.2) is 0 Å². The maximum atomic E-state index is 10.7. The third-order valence-corrected chi connectivity index (χ3v) is 2.82. The van der Waals surface area contributed by atoms with Gasteiger partial charge in [0.15, 0.2) is 0 Å². The number of phenolic OH excluding ortho intramolecular Hbond substituents is 1. The Kier molecular flexibility index (Phi) is 3.06. The normalized spacial score (nSPS) is 15.8. The molecular weight excluding hydrogens is 225 g/mol. The summed E-state index contributed by atoms with van der Waals surface area (Å²) in [5.74, 6) is -1.15. The molecule has 0 radical (unpaired) electrons. The number of hydrogen-bond donors (Lipinski definition) is 4. The van der Waals surface area contributed by atoms with Gasteiger partial charge in [0.2, 0.25) is 0 Å². The van der Waals surface area contributed by atoms with Crippen LogP contribution in [0.2, 0.25) is 0 Å². The first-order valence-electron chi connectivity index (χ1n) is 5.12. The van der Waals surface area contributed by atoms with E-state index in [9.17, 15) is 14.9 Å². The Morgan fingerprint density at radius 3 is 2.94 bits per heavy atom. The fourth-order valence-electron chi connectivity index (χ4n) is 1.90. The number of hydrogen-bond acceptors (Lipinski definition) is 5. The minimum absolute atomic E-state index is 0.0577. The fraction of sp³-hybridized carbons (Fsp3) is 0.300. The van der Waals surface area contributed by atoms with Crippen molar-refractivity contribution in [2.24, 2.45) is 5.73 Å². The number of benzene rings is 1. The van der Waals surface area contributed by atoms with Crippen LogP contribution in [-0.4, -0.2) is 34.4 Å². The van der Waals surface area contributed by atoms with Crippen LogP contribution in [-0.2, 0) is 22.5 Å². The molecule has 1 heterocycles. The van der Waals surface area contributed by atoms with Gasteiger partial charge in [-0.2, -0.15) is 0 Å².